The zero-order valence-electron chi connectivity index (χ0n) is 14.4. The van der Waals surface area contributed by atoms with Gasteiger partial charge in [-0.25, -0.2) is 4.79 Å². The molecule has 1 aliphatic carbocycles. The van der Waals surface area contributed by atoms with Crippen LogP contribution in [-0.2, 0) is 14.4 Å². The van der Waals surface area contributed by atoms with E-state index in [1.807, 2.05) is 26.0 Å². The van der Waals surface area contributed by atoms with Crippen molar-refractivity contribution >= 4 is 17.8 Å². The molecule has 2 fully saturated rings. The molecular formula is C19H23NO4. The number of aryl methyl sites for hydroxylation is 2. The first-order valence-corrected chi connectivity index (χ1v) is 8.56. The molecule has 5 heteroatoms. The second-order valence-electron chi connectivity index (χ2n) is 6.91. The number of amides is 2. The molecule has 24 heavy (non-hydrogen) atoms. The second kappa shape index (κ2) is 6.38. The molecule has 1 aromatic carbocycles. The molecule has 1 aliphatic heterocycles. The lowest BCUT2D eigenvalue weighted by Gasteiger charge is -2.22. The van der Waals surface area contributed by atoms with Crippen LogP contribution in [0.1, 0.15) is 43.7 Å². The number of rotatable bonds is 3. The number of ether oxygens (including phenoxy) is 1. The monoisotopic (exact) mass is 329 g/mol. The van der Waals surface area contributed by atoms with Gasteiger partial charge in [0.05, 0.1) is 11.8 Å². The quantitative estimate of drug-likeness (QED) is 0.486. The van der Waals surface area contributed by atoms with Gasteiger partial charge in [-0.15, -0.1) is 0 Å². The Kier molecular flexibility index (Phi) is 4.43. The summed E-state index contributed by atoms with van der Waals surface area (Å²) in [4.78, 5) is 38.8. The molecule has 0 N–H and O–H groups in total. The fourth-order valence-corrected chi connectivity index (χ4v) is 3.69. The molecule has 128 valence electrons. The summed E-state index contributed by atoms with van der Waals surface area (Å²) in [5.74, 6) is -1.01. The lowest BCUT2D eigenvalue weighted by Crippen LogP contribution is -2.45. The van der Waals surface area contributed by atoms with Crippen LogP contribution in [0.4, 0.5) is 0 Å². The molecule has 3 unspecified atom stereocenters. The highest BCUT2D eigenvalue weighted by Crippen LogP contribution is 2.39. The van der Waals surface area contributed by atoms with Crippen LogP contribution < -0.4 is 4.74 Å². The third-order valence-corrected chi connectivity index (χ3v) is 5.16. The molecule has 1 heterocycles. The van der Waals surface area contributed by atoms with Crippen LogP contribution in [0.2, 0.25) is 0 Å². The fraction of sp³-hybridized carbons (Fsp3) is 0.526. The van der Waals surface area contributed by atoms with Crippen LogP contribution in [0.15, 0.2) is 18.2 Å². The zero-order valence-corrected chi connectivity index (χ0v) is 14.4. The molecule has 2 aliphatic rings. The summed E-state index contributed by atoms with van der Waals surface area (Å²) in [6, 6.07) is 4.71. The van der Waals surface area contributed by atoms with Gasteiger partial charge in [-0.2, -0.15) is 0 Å². The van der Waals surface area contributed by atoms with Crippen molar-refractivity contribution in [1.82, 2.24) is 4.90 Å². The van der Waals surface area contributed by atoms with E-state index in [4.69, 9.17) is 4.74 Å². The first kappa shape index (κ1) is 16.7. The third-order valence-electron chi connectivity index (χ3n) is 5.16. The SMILES string of the molecule is Cc1ccc(C)c(OC(=O)C(C)N2C(=O)C3CCCCC3C2=O)c1. The predicted octanol–water partition coefficient (Wildman–Crippen LogP) is 2.77. The normalized spacial score (nSPS) is 24.7. The van der Waals surface area contributed by atoms with Crippen LogP contribution in [0, 0.1) is 25.7 Å². The Balaban J connectivity index is 1.77. The van der Waals surface area contributed by atoms with Gasteiger partial charge in [-0.3, -0.25) is 14.5 Å². The summed E-state index contributed by atoms with van der Waals surface area (Å²) >= 11 is 0. The number of carbonyl (C=O) groups is 3. The van der Waals surface area contributed by atoms with Gasteiger partial charge in [0.2, 0.25) is 11.8 Å². The van der Waals surface area contributed by atoms with Gasteiger partial charge < -0.3 is 4.74 Å². The lowest BCUT2D eigenvalue weighted by atomic mass is 9.81. The average Bonchev–Trinajstić information content (AvgIpc) is 2.82. The molecular weight excluding hydrogens is 306 g/mol. The van der Waals surface area contributed by atoms with E-state index in [0.717, 1.165) is 41.7 Å². The summed E-state index contributed by atoms with van der Waals surface area (Å²) < 4.78 is 5.47. The van der Waals surface area contributed by atoms with Crippen molar-refractivity contribution in [1.29, 1.82) is 0 Å². The zero-order chi connectivity index (χ0) is 17.4. The van der Waals surface area contributed by atoms with Gasteiger partial charge in [0, 0.05) is 0 Å². The maximum Gasteiger partial charge on any atom is 0.334 e. The molecule has 1 aromatic rings. The van der Waals surface area contributed by atoms with Gasteiger partial charge in [0.25, 0.3) is 0 Å². The van der Waals surface area contributed by atoms with E-state index >= 15 is 0 Å². The molecule has 5 nitrogen and oxygen atoms in total. The van der Waals surface area contributed by atoms with Crippen molar-refractivity contribution in [2.24, 2.45) is 11.8 Å². The van der Waals surface area contributed by atoms with Gasteiger partial charge in [-0.1, -0.05) is 25.0 Å². The number of nitrogens with zero attached hydrogens (tertiary/aromatic N) is 1. The molecule has 3 atom stereocenters. The highest BCUT2D eigenvalue weighted by Gasteiger charge is 2.51. The standard InChI is InChI=1S/C19H23NO4/c1-11-8-9-12(2)16(10-11)24-19(23)13(3)20-17(21)14-6-4-5-7-15(14)18(20)22/h8-10,13-15H,4-7H2,1-3H3. The minimum absolute atomic E-state index is 0.213. The number of hydrogen-bond donors (Lipinski definition) is 0. The van der Waals surface area contributed by atoms with Crippen LogP contribution in [0.3, 0.4) is 0 Å². The number of hydrogen-bond acceptors (Lipinski definition) is 4. The number of esters is 1. The van der Waals surface area contributed by atoms with E-state index in [1.165, 1.54) is 0 Å². The fourth-order valence-electron chi connectivity index (χ4n) is 3.69. The summed E-state index contributed by atoms with van der Waals surface area (Å²) in [7, 11) is 0. The first-order valence-electron chi connectivity index (χ1n) is 8.56. The Morgan fingerprint density at radius 2 is 1.71 bits per heavy atom. The Hall–Kier alpha value is -2.17. The molecule has 1 saturated heterocycles. The lowest BCUT2D eigenvalue weighted by molar-refractivity contribution is -0.152. The molecule has 0 aromatic heterocycles. The summed E-state index contributed by atoms with van der Waals surface area (Å²) in [5.41, 5.74) is 1.82. The van der Waals surface area contributed by atoms with Crippen LogP contribution in [0.25, 0.3) is 0 Å². The number of benzene rings is 1. The number of fused-ring (bicyclic) bond motifs is 1. The topological polar surface area (TPSA) is 63.7 Å². The van der Waals surface area contributed by atoms with Crippen molar-refractivity contribution < 1.29 is 19.1 Å². The Morgan fingerprint density at radius 3 is 2.29 bits per heavy atom. The highest BCUT2D eigenvalue weighted by molar-refractivity contribution is 6.07. The van der Waals surface area contributed by atoms with E-state index in [0.29, 0.717) is 5.75 Å². The van der Waals surface area contributed by atoms with E-state index in [-0.39, 0.29) is 23.7 Å². The Labute approximate surface area is 142 Å². The van der Waals surface area contributed by atoms with Gasteiger partial charge >= 0.3 is 5.97 Å². The van der Waals surface area contributed by atoms with Crippen molar-refractivity contribution in [2.45, 2.75) is 52.5 Å². The smallest absolute Gasteiger partial charge is 0.334 e. The van der Waals surface area contributed by atoms with E-state index in [2.05, 4.69) is 0 Å². The third kappa shape index (κ3) is 2.83. The Bertz CT molecular complexity index is 673. The molecule has 0 spiro atoms. The number of imide groups is 1. The number of likely N-dealkylation sites (tertiary alicyclic amines) is 1. The van der Waals surface area contributed by atoms with Crippen LogP contribution in [0.5, 0.6) is 5.75 Å². The maximum atomic E-state index is 12.6. The van der Waals surface area contributed by atoms with E-state index < -0.39 is 12.0 Å². The molecule has 0 radical (unpaired) electrons. The molecule has 1 saturated carbocycles. The van der Waals surface area contributed by atoms with Crippen LogP contribution >= 0.6 is 0 Å². The molecule has 2 amide bonds. The second-order valence-corrected chi connectivity index (χ2v) is 6.91. The largest absolute Gasteiger partial charge is 0.425 e. The van der Waals surface area contributed by atoms with Gasteiger partial charge in [0.15, 0.2) is 0 Å². The predicted molar refractivity (Wildman–Crippen MR) is 88.3 cm³/mol. The van der Waals surface area contributed by atoms with E-state index in [9.17, 15) is 14.4 Å². The highest BCUT2D eigenvalue weighted by atomic mass is 16.5. The van der Waals surface area contributed by atoms with Gasteiger partial charge in [-0.05, 0) is 50.8 Å². The maximum absolute atomic E-state index is 12.6. The first-order chi connectivity index (χ1) is 11.4. The van der Waals surface area contributed by atoms with E-state index in [1.54, 1.807) is 13.0 Å². The van der Waals surface area contributed by atoms with Crippen LogP contribution in [-0.4, -0.2) is 28.7 Å². The molecule has 3 rings (SSSR count). The average molecular weight is 329 g/mol. The van der Waals surface area contributed by atoms with Crippen molar-refractivity contribution in [3.63, 3.8) is 0 Å². The van der Waals surface area contributed by atoms with Crippen molar-refractivity contribution in [3.05, 3.63) is 29.3 Å². The van der Waals surface area contributed by atoms with Crippen molar-refractivity contribution in [3.8, 4) is 5.75 Å². The summed E-state index contributed by atoms with van der Waals surface area (Å²) in [6.45, 7) is 5.34. The summed E-state index contributed by atoms with van der Waals surface area (Å²) in [6.07, 6.45) is 3.42. The minimum atomic E-state index is -0.893. The summed E-state index contributed by atoms with van der Waals surface area (Å²) in [5, 5.41) is 0. The minimum Gasteiger partial charge on any atom is -0.425 e. The molecule has 0 bridgehead atoms. The van der Waals surface area contributed by atoms with Gasteiger partial charge in [0.1, 0.15) is 11.8 Å². The Morgan fingerprint density at radius 1 is 1.12 bits per heavy atom. The van der Waals surface area contributed by atoms with Crippen molar-refractivity contribution in [2.75, 3.05) is 0 Å². The number of carbonyl (C=O) groups excluding carboxylic acids is 3.